The van der Waals surface area contributed by atoms with E-state index in [2.05, 4.69) is 99.4 Å². The number of benzene rings is 2. The maximum atomic E-state index is 3.44. The molecular formula is C39H54B2Fe. The van der Waals surface area contributed by atoms with Crippen LogP contribution in [-0.2, 0) is 40.5 Å². The smallest absolute Gasteiger partial charge is 0.501 e. The molecule has 2 aromatic rings. The van der Waals surface area contributed by atoms with Crippen LogP contribution in [0.25, 0.3) is 0 Å². The molecule has 0 spiro atoms. The number of hydrogen-bond donors (Lipinski definition) is 0. The Labute approximate surface area is 271 Å². The minimum atomic E-state index is 0. The molecule has 4 aliphatic carbocycles. The van der Waals surface area contributed by atoms with Crippen molar-refractivity contribution in [2.45, 2.75) is 154 Å². The average molecular weight is 600 g/mol. The molecule has 2 radical (unpaired) electrons. The second kappa shape index (κ2) is 14.3. The van der Waals surface area contributed by atoms with E-state index < -0.39 is 0 Å². The quantitative estimate of drug-likeness (QED) is 0.219. The molecule has 0 bridgehead atoms. The van der Waals surface area contributed by atoms with E-state index in [1.54, 1.807) is 28.2 Å². The van der Waals surface area contributed by atoms with Gasteiger partial charge in [0.25, 0.3) is 0 Å². The van der Waals surface area contributed by atoms with E-state index in [1.165, 1.54) is 99.3 Å². The summed E-state index contributed by atoms with van der Waals surface area (Å²) >= 11 is 0. The zero-order valence-electron chi connectivity index (χ0n) is 27.7. The van der Waals surface area contributed by atoms with Crippen LogP contribution in [0.2, 0.25) is 11.6 Å². The van der Waals surface area contributed by atoms with Crippen LogP contribution < -0.4 is 0 Å². The molecular weight excluding hydrogens is 546 g/mol. The average Bonchev–Trinajstić information content (AvgIpc) is 3.47. The molecule has 2 aromatic carbocycles. The van der Waals surface area contributed by atoms with Crippen molar-refractivity contribution in [2.24, 2.45) is 0 Å². The van der Waals surface area contributed by atoms with Crippen molar-refractivity contribution >= 4 is 14.6 Å². The first kappa shape index (κ1) is 33.7. The zero-order valence-corrected chi connectivity index (χ0v) is 28.8. The number of rotatable bonds is 7. The molecule has 0 aliphatic heterocycles. The minimum Gasteiger partial charge on any atom is -0.501 e. The zero-order chi connectivity index (χ0) is 29.2. The molecule has 0 amide bonds. The molecule has 3 heteroatoms. The van der Waals surface area contributed by atoms with Crippen LogP contribution >= 0.6 is 0 Å². The fourth-order valence-corrected chi connectivity index (χ4v) is 9.45. The molecule has 0 aromatic heterocycles. The van der Waals surface area contributed by atoms with Gasteiger partial charge in [-0.3, -0.25) is 6.08 Å². The summed E-state index contributed by atoms with van der Waals surface area (Å²) in [5.74, 6) is 3.27. The van der Waals surface area contributed by atoms with Gasteiger partial charge < -0.3 is 12.0 Å². The summed E-state index contributed by atoms with van der Waals surface area (Å²) in [4.78, 5) is 0. The first-order chi connectivity index (χ1) is 19.7. The van der Waals surface area contributed by atoms with Crippen LogP contribution in [0, 0.1) is 39.7 Å². The van der Waals surface area contributed by atoms with Crippen LogP contribution in [0.5, 0.6) is 0 Å². The molecule has 0 nitrogen and oxygen atoms in total. The standard InChI is InChI=1S/C20H29B.C19H25B.Fe/c1-6-20(7-2,21-18-11-9-8-10-12-18)19-16(4)13-15(3)14-17(19)5;1-13-4-3-5-17(12-13)20-19-8-6-15-10-14(2)11-16(7-9-19)18(15)19;/h8,13-14,18H,6-7,9,11-12H2,1-5H3;10-11,17H,3-9,12H2,1-2H3;/q2*-1;+2. The maximum Gasteiger partial charge on any atom is 2.00 e. The van der Waals surface area contributed by atoms with Gasteiger partial charge in [-0.2, -0.15) is 26.2 Å². The first-order valence-electron chi connectivity index (χ1n) is 17.0. The SMILES string of the molecule is CCC([B]C1C[C-]=CCC1)(CC)c1c(C)cc(C)cc1C.Cc1cc2c3c(c1)CCC3([B]C1CCC[C-](C)C1)CC2.[Fe+2]. The van der Waals surface area contributed by atoms with Gasteiger partial charge in [0.05, 0.1) is 0 Å². The van der Waals surface area contributed by atoms with Gasteiger partial charge >= 0.3 is 17.1 Å². The van der Waals surface area contributed by atoms with E-state index in [0.717, 1.165) is 12.2 Å². The Morgan fingerprint density at radius 2 is 1.52 bits per heavy atom. The van der Waals surface area contributed by atoms with Crippen LogP contribution in [-0.4, -0.2) is 14.6 Å². The Kier molecular flexibility index (Phi) is 11.5. The second-order valence-electron chi connectivity index (χ2n) is 14.3. The van der Waals surface area contributed by atoms with Crippen molar-refractivity contribution in [3.8, 4) is 0 Å². The first-order valence-corrected chi connectivity index (χ1v) is 17.0. The van der Waals surface area contributed by atoms with Crippen molar-refractivity contribution in [2.75, 3.05) is 0 Å². The molecule has 0 N–H and O–H groups in total. The molecule has 1 fully saturated rings. The Balaban J connectivity index is 0.000000188. The minimum absolute atomic E-state index is 0. The van der Waals surface area contributed by atoms with Crippen molar-refractivity contribution in [1.29, 1.82) is 0 Å². The van der Waals surface area contributed by atoms with Gasteiger partial charge in [0.2, 0.25) is 0 Å². The summed E-state index contributed by atoms with van der Waals surface area (Å²) in [5, 5.41) is 0.687. The third-order valence-corrected chi connectivity index (χ3v) is 11.2. The van der Waals surface area contributed by atoms with Crippen molar-refractivity contribution in [3.05, 3.63) is 86.8 Å². The Hall–Kier alpha value is -1.17. The fourth-order valence-electron chi connectivity index (χ4n) is 9.45. The predicted molar refractivity (Wildman–Crippen MR) is 180 cm³/mol. The Morgan fingerprint density at radius 1 is 0.905 bits per heavy atom. The van der Waals surface area contributed by atoms with E-state index >= 15 is 0 Å². The van der Waals surface area contributed by atoms with Crippen molar-refractivity contribution < 1.29 is 17.1 Å². The maximum absolute atomic E-state index is 3.44. The van der Waals surface area contributed by atoms with Crippen molar-refractivity contribution in [3.63, 3.8) is 0 Å². The molecule has 0 saturated heterocycles. The van der Waals surface area contributed by atoms with Gasteiger partial charge in [0, 0.05) is 0 Å². The van der Waals surface area contributed by atoms with Gasteiger partial charge in [-0.1, -0.05) is 99.4 Å². The van der Waals surface area contributed by atoms with Gasteiger partial charge in [-0.05, 0) is 97.4 Å². The molecule has 42 heavy (non-hydrogen) atoms. The van der Waals surface area contributed by atoms with Crippen LogP contribution in [0.15, 0.2) is 30.3 Å². The van der Waals surface area contributed by atoms with Gasteiger partial charge in [0.15, 0.2) is 0 Å². The molecule has 4 aliphatic rings. The summed E-state index contributed by atoms with van der Waals surface area (Å²) in [6.07, 6.45) is 22.6. The summed E-state index contributed by atoms with van der Waals surface area (Å²) in [6.45, 7) is 16.1. The third-order valence-electron chi connectivity index (χ3n) is 11.2. The fraction of sp³-hybridized carbons (Fsp3) is 0.615. The summed E-state index contributed by atoms with van der Waals surface area (Å²) < 4.78 is 0. The van der Waals surface area contributed by atoms with E-state index in [9.17, 15) is 0 Å². The molecule has 1 saturated carbocycles. The van der Waals surface area contributed by atoms with Gasteiger partial charge in [-0.25, -0.2) is 0 Å². The molecule has 2 unspecified atom stereocenters. The van der Waals surface area contributed by atoms with Crippen LogP contribution in [0.1, 0.15) is 136 Å². The Morgan fingerprint density at radius 3 is 2.07 bits per heavy atom. The van der Waals surface area contributed by atoms with E-state index in [1.807, 2.05) is 0 Å². The van der Waals surface area contributed by atoms with Crippen LogP contribution in [0.3, 0.4) is 0 Å². The topological polar surface area (TPSA) is 0 Å². The van der Waals surface area contributed by atoms with Crippen molar-refractivity contribution in [1.82, 2.24) is 0 Å². The largest absolute Gasteiger partial charge is 2.00 e. The van der Waals surface area contributed by atoms with Gasteiger partial charge in [-0.15, -0.1) is 0 Å². The predicted octanol–water partition coefficient (Wildman–Crippen LogP) is 10.4. The monoisotopic (exact) mass is 600 g/mol. The van der Waals surface area contributed by atoms with Gasteiger partial charge in [0.1, 0.15) is 14.6 Å². The number of hydrogen-bond acceptors (Lipinski definition) is 0. The molecule has 224 valence electrons. The number of allylic oxidation sites excluding steroid dienone is 2. The number of aryl methyl sites for hydroxylation is 6. The summed E-state index contributed by atoms with van der Waals surface area (Å²) in [6, 6.07) is 9.61. The third kappa shape index (κ3) is 7.04. The Bertz CT molecular complexity index is 1190. The van der Waals surface area contributed by atoms with E-state index in [4.69, 9.17) is 0 Å². The normalized spacial score (nSPS) is 22.5. The molecule has 2 atom stereocenters. The molecule has 6 rings (SSSR count). The summed E-state index contributed by atoms with van der Waals surface area (Å²) in [7, 11) is 5.46. The summed E-state index contributed by atoms with van der Waals surface area (Å²) in [5.41, 5.74) is 12.4. The van der Waals surface area contributed by atoms with E-state index in [0.29, 0.717) is 11.1 Å². The molecule has 0 heterocycles. The van der Waals surface area contributed by atoms with E-state index in [-0.39, 0.29) is 22.4 Å². The van der Waals surface area contributed by atoms with Crippen LogP contribution in [0.4, 0.5) is 0 Å². The second-order valence-corrected chi connectivity index (χ2v) is 14.3.